The molecular formula is C23H27F2N3O3. The number of hydrogen-bond donors (Lipinski definition) is 1. The minimum absolute atomic E-state index is 0.157. The van der Waals surface area contributed by atoms with E-state index in [1.807, 2.05) is 0 Å². The third kappa shape index (κ3) is 3.50. The Labute approximate surface area is 179 Å². The van der Waals surface area contributed by atoms with Crippen molar-refractivity contribution in [1.29, 1.82) is 0 Å². The van der Waals surface area contributed by atoms with Gasteiger partial charge in [0.25, 0.3) is 17.8 Å². The van der Waals surface area contributed by atoms with E-state index in [0.29, 0.717) is 54.8 Å². The van der Waals surface area contributed by atoms with E-state index in [1.54, 1.807) is 49.9 Å². The molecular weight excluding hydrogens is 404 g/mol. The monoisotopic (exact) mass is 431 g/mol. The van der Waals surface area contributed by atoms with Gasteiger partial charge >= 0.3 is 0 Å². The molecule has 0 radical (unpaired) electrons. The van der Waals surface area contributed by atoms with Crippen molar-refractivity contribution in [1.82, 2.24) is 9.88 Å². The lowest BCUT2D eigenvalue weighted by atomic mass is 10.0. The second kappa shape index (κ2) is 6.76. The molecule has 2 saturated heterocycles. The number of oxazole rings is 1. The minimum Gasteiger partial charge on any atom is -0.429 e. The lowest BCUT2D eigenvalue weighted by Crippen LogP contribution is -2.34. The molecule has 1 aromatic carbocycles. The van der Waals surface area contributed by atoms with Crippen LogP contribution in [0.25, 0.3) is 0 Å². The Morgan fingerprint density at radius 2 is 1.81 bits per heavy atom. The number of nitrogens with zero attached hydrogens (tertiary/aromatic N) is 3. The first-order valence-corrected chi connectivity index (χ1v) is 10.8. The second-order valence-electron chi connectivity index (χ2n) is 9.70. The van der Waals surface area contributed by atoms with Crippen LogP contribution in [0.4, 0.5) is 14.8 Å². The van der Waals surface area contributed by atoms with Crippen molar-refractivity contribution in [2.24, 2.45) is 11.8 Å². The highest BCUT2D eigenvalue weighted by Gasteiger charge is 2.58. The molecule has 31 heavy (non-hydrogen) atoms. The summed E-state index contributed by atoms with van der Waals surface area (Å²) < 4.78 is 33.1. The molecule has 3 heterocycles. The fourth-order valence-corrected chi connectivity index (χ4v) is 5.12. The van der Waals surface area contributed by atoms with E-state index >= 15 is 0 Å². The maximum atomic E-state index is 13.6. The van der Waals surface area contributed by atoms with Crippen molar-refractivity contribution < 1.29 is 23.1 Å². The molecule has 0 bridgehead atoms. The van der Waals surface area contributed by atoms with E-state index in [0.717, 1.165) is 0 Å². The standard InChI is InChI=1S/C23H27F2N3O3/c1-13-19(22(2,3)30)26-21(31-13)28-11-14-9-27(10-15(14)12-28)20(29)17-7-5-4-6-16(17)18-8-23(18,24)25/h4-7,14-15,18,30H,8-12H2,1-3H3. The predicted molar refractivity (Wildman–Crippen MR) is 110 cm³/mol. The molecule has 3 unspecified atom stereocenters. The van der Waals surface area contributed by atoms with Gasteiger partial charge in [-0.25, -0.2) is 8.78 Å². The minimum atomic E-state index is -2.70. The number of carbonyl (C=O) groups is 1. The second-order valence-corrected chi connectivity index (χ2v) is 9.70. The molecule has 1 N–H and O–H groups in total. The van der Waals surface area contributed by atoms with Crippen molar-refractivity contribution >= 4 is 11.9 Å². The number of aryl methyl sites for hydroxylation is 1. The molecule has 5 rings (SSSR count). The molecule has 6 nitrogen and oxygen atoms in total. The average molecular weight is 431 g/mol. The summed E-state index contributed by atoms with van der Waals surface area (Å²) in [6.07, 6.45) is -0.181. The van der Waals surface area contributed by atoms with E-state index in [9.17, 15) is 18.7 Å². The van der Waals surface area contributed by atoms with Crippen LogP contribution in [-0.4, -0.2) is 53.0 Å². The smallest absolute Gasteiger partial charge is 0.297 e. The maximum absolute atomic E-state index is 13.6. The van der Waals surface area contributed by atoms with Gasteiger partial charge in [0.05, 0.1) is 5.92 Å². The Balaban J connectivity index is 1.28. The molecule has 3 fully saturated rings. The molecule has 2 aliphatic heterocycles. The zero-order valence-corrected chi connectivity index (χ0v) is 17.9. The first-order chi connectivity index (χ1) is 14.5. The van der Waals surface area contributed by atoms with Gasteiger partial charge < -0.3 is 19.3 Å². The van der Waals surface area contributed by atoms with Crippen LogP contribution in [0.2, 0.25) is 0 Å². The summed E-state index contributed by atoms with van der Waals surface area (Å²) in [7, 11) is 0. The summed E-state index contributed by atoms with van der Waals surface area (Å²) in [4.78, 5) is 21.5. The third-order valence-corrected chi connectivity index (χ3v) is 6.80. The Hall–Kier alpha value is -2.48. The van der Waals surface area contributed by atoms with Crippen molar-refractivity contribution in [3.63, 3.8) is 0 Å². The number of hydrogen-bond acceptors (Lipinski definition) is 5. The van der Waals surface area contributed by atoms with Gasteiger partial charge in [0.2, 0.25) is 0 Å². The fraction of sp³-hybridized carbons (Fsp3) is 0.565. The van der Waals surface area contributed by atoms with Gasteiger partial charge in [-0.2, -0.15) is 4.98 Å². The van der Waals surface area contributed by atoms with Crippen LogP contribution in [0.3, 0.4) is 0 Å². The van der Waals surface area contributed by atoms with Gasteiger partial charge in [0.15, 0.2) is 0 Å². The zero-order chi connectivity index (χ0) is 22.1. The van der Waals surface area contributed by atoms with Crippen LogP contribution < -0.4 is 4.90 Å². The topological polar surface area (TPSA) is 69.8 Å². The highest BCUT2D eigenvalue weighted by atomic mass is 19.3. The zero-order valence-electron chi connectivity index (χ0n) is 17.9. The van der Waals surface area contributed by atoms with Gasteiger partial charge in [-0.1, -0.05) is 18.2 Å². The maximum Gasteiger partial charge on any atom is 0.297 e. The van der Waals surface area contributed by atoms with Crippen LogP contribution in [0.15, 0.2) is 28.7 Å². The number of likely N-dealkylation sites (tertiary alicyclic amines) is 1. The van der Waals surface area contributed by atoms with Gasteiger partial charge in [0.1, 0.15) is 17.1 Å². The van der Waals surface area contributed by atoms with Crippen molar-refractivity contribution in [3.8, 4) is 0 Å². The summed E-state index contributed by atoms with van der Waals surface area (Å²) in [6.45, 7) is 7.76. The summed E-state index contributed by atoms with van der Waals surface area (Å²) in [5.74, 6) is -2.55. The number of amides is 1. The quantitative estimate of drug-likeness (QED) is 0.802. The molecule has 1 amide bonds. The number of halogens is 2. The third-order valence-electron chi connectivity index (χ3n) is 6.80. The van der Waals surface area contributed by atoms with Gasteiger partial charge in [0, 0.05) is 50.0 Å². The first kappa shape index (κ1) is 20.4. The number of fused-ring (bicyclic) bond motifs is 1. The lowest BCUT2D eigenvalue weighted by Gasteiger charge is -2.22. The predicted octanol–water partition coefficient (Wildman–Crippen LogP) is 3.54. The SMILES string of the molecule is Cc1oc(N2CC3CN(C(=O)c4ccccc4C4CC4(F)F)CC3C2)nc1C(C)(C)O. The van der Waals surface area contributed by atoms with Gasteiger partial charge in [-0.15, -0.1) is 0 Å². The van der Waals surface area contributed by atoms with Crippen LogP contribution >= 0.6 is 0 Å². The number of aromatic nitrogens is 1. The average Bonchev–Trinajstić information content (AvgIpc) is 3.07. The summed E-state index contributed by atoms with van der Waals surface area (Å²) in [6, 6.07) is 7.28. The van der Waals surface area contributed by atoms with Crippen molar-refractivity contribution in [3.05, 3.63) is 46.8 Å². The van der Waals surface area contributed by atoms with Crippen LogP contribution in [0, 0.1) is 18.8 Å². The Bertz CT molecular complexity index is 1020. The number of aliphatic hydroxyl groups is 1. The summed E-state index contributed by atoms with van der Waals surface area (Å²) in [5.41, 5.74) is 0.325. The molecule has 1 aliphatic carbocycles. The van der Waals surface area contributed by atoms with Crippen LogP contribution in [-0.2, 0) is 5.60 Å². The fourth-order valence-electron chi connectivity index (χ4n) is 5.12. The highest BCUT2D eigenvalue weighted by molar-refractivity contribution is 5.96. The molecule has 1 aromatic heterocycles. The number of alkyl halides is 2. The summed E-state index contributed by atoms with van der Waals surface area (Å²) in [5, 5.41) is 10.3. The molecule has 8 heteroatoms. The van der Waals surface area contributed by atoms with Crippen molar-refractivity contribution in [2.75, 3.05) is 31.1 Å². The van der Waals surface area contributed by atoms with E-state index in [-0.39, 0.29) is 24.2 Å². The number of carbonyl (C=O) groups excluding carboxylic acids is 1. The van der Waals surface area contributed by atoms with Gasteiger partial charge in [-0.3, -0.25) is 4.79 Å². The molecule has 166 valence electrons. The largest absolute Gasteiger partial charge is 0.429 e. The highest BCUT2D eigenvalue weighted by Crippen LogP contribution is 2.56. The van der Waals surface area contributed by atoms with E-state index in [1.165, 1.54) is 0 Å². The first-order valence-electron chi connectivity index (χ1n) is 10.8. The van der Waals surface area contributed by atoms with Crippen molar-refractivity contribution in [2.45, 2.75) is 44.6 Å². The number of anilines is 1. The number of benzene rings is 1. The Morgan fingerprint density at radius 3 is 2.35 bits per heavy atom. The number of rotatable bonds is 4. The van der Waals surface area contributed by atoms with Gasteiger partial charge in [-0.05, 0) is 32.4 Å². The molecule has 0 spiro atoms. The Kier molecular flexibility index (Phi) is 4.45. The molecule has 1 saturated carbocycles. The molecule has 3 atom stereocenters. The van der Waals surface area contributed by atoms with E-state index in [2.05, 4.69) is 9.88 Å². The Morgan fingerprint density at radius 1 is 1.19 bits per heavy atom. The van der Waals surface area contributed by atoms with E-state index in [4.69, 9.17) is 4.42 Å². The summed E-state index contributed by atoms with van der Waals surface area (Å²) >= 11 is 0. The molecule has 2 aromatic rings. The van der Waals surface area contributed by atoms with E-state index < -0.39 is 17.4 Å². The lowest BCUT2D eigenvalue weighted by molar-refractivity contribution is 0.0727. The van der Waals surface area contributed by atoms with Crippen LogP contribution in [0.1, 0.15) is 53.6 Å². The normalized spacial score (nSPS) is 27.0. The molecule has 3 aliphatic rings. The van der Waals surface area contributed by atoms with Crippen LogP contribution in [0.5, 0.6) is 0 Å².